The number of anilines is 1. The van der Waals surface area contributed by atoms with Crippen molar-refractivity contribution in [1.82, 2.24) is 9.78 Å². The minimum Gasteiger partial charge on any atom is -0.319 e. The molecule has 102 valence electrons. The summed E-state index contributed by atoms with van der Waals surface area (Å²) in [5.74, 6) is -0.569. The highest BCUT2D eigenvalue weighted by Gasteiger charge is 2.15. The largest absolute Gasteiger partial charge is 0.319 e. The van der Waals surface area contributed by atoms with E-state index in [2.05, 4.69) is 10.4 Å². The predicted octanol–water partition coefficient (Wildman–Crippen LogP) is 0.790. The van der Waals surface area contributed by atoms with Gasteiger partial charge in [0.2, 0.25) is 5.91 Å². The molecule has 0 unspecified atom stereocenters. The molecule has 0 fully saturated rings. The Bertz CT molecular complexity index is 710. The molecule has 0 bridgehead atoms. The van der Waals surface area contributed by atoms with Crippen molar-refractivity contribution in [3.8, 4) is 0 Å². The van der Waals surface area contributed by atoms with Crippen molar-refractivity contribution in [2.45, 2.75) is 6.54 Å². The number of aromatic nitrogens is 2. The maximum Gasteiger partial charge on any atom is 0.292 e. The molecule has 0 saturated carbocycles. The molecule has 8 nitrogen and oxygen atoms in total. The van der Waals surface area contributed by atoms with E-state index in [0.29, 0.717) is 0 Å². The summed E-state index contributed by atoms with van der Waals surface area (Å²) < 4.78 is 0.962. The third kappa shape index (κ3) is 3.05. The molecule has 2 aromatic rings. The third-order valence-electron chi connectivity index (χ3n) is 2.45. The zero-order chi connectivity index (χ0) is 14.5. The molecule has 1 amide bonds. The number of nitrogens with zero attached hydrogens (tertiary/aromatic N) is 3. The molecule has 1 N–H and O–H groups in total. The maximum absolute atomic E-state index is 11.8. The van der Waals surface area contributed by atoms with Crippen LogP contribution in [0.2, 0.25) is 0 Å². The lowest BCUT2D eigenvalue weighted by molar-refractivity contribution is -0.383. The third-order valence-corrected chi connectivity index (χ3v) is 2.45. The van der Waals surface area contributed by atoms with Crippen molar-refractivity contribution in [2.24, 2.45) is 0 Å². The number of amides is 1. The first kappa shape index (κ1) is 13.4. The molecule has 1 aromatic carbocycles. The molecule has 0 radical (unpaired) electrons. The van der Waals surface area contributed by atoms with E-state index in [-0.39, 0.29) is 17.9 Å². The Balaban J connectivity index is 2.15. The summed E-state index contributed by atoms with van der Waals surface area (Å²) in [6.07, 6.45) is 1.37. The molecule has 0 atom stereocenters. The van der Waals surface area contributed by atoms with Crippen molar-refractivity contribution in [3.05, 3.63) is 63.1 Å². The fraction of sp³-hybridized carbons (Fsp3) is 0.0833. The molecule has 0 aliphatic heterocycles. The summed E-state index contributed by atoms with van der Waals surface area (Å²) in [5.41, 5.74) is -0.564. The highest BCUT2D eigenvalue weighted by molar-refractivity contribution is 5.92. The summed E-state index contributed by atoms with van der Waals surface area (Å²) in [4.78, 5) is 33.4. The van der Waals surface area contributed by atoms with Gasteiger partial charge in [0.1, 0.15) is 12.2 Å². The molecular weight excluding hydrogens is 264 g/mol. The van der Waals surface area contributed by atoms with Crippen LogP contribution in [0.25, 0.3) is 0 Å². The molecule has 0 saturated heterocycles. The van der Waals surface area contributed by atoms with Gasteiger partial charge in [-0.15, -0.1) is 0 Å². The van der Waals surface area contributed by atoms with Gasteiger partial charge in [-0.05, 0) is 12.1 Å². The monoisotopic (exact) mass is 274 g/mol. The van der Waals surface area contributed by atoms with Crippen LogP contribution in [0.5, 0.6) is 0 Å². The average Bonchev–Trinajstić information content (AvgIpc) is 2.41. The van der Waals surface area contributed by atoms with E-state index in [1.165, 1.54) is 36.5 Å². The molecule has 1 heterocycles. The molecule has 20 heavy (non-hydrogen) atoms. The Labute approximate surface area is 112 Å². The second kappa shape index (κ2) is 5.74. The van der Waals surface area contributed by atoms with Crippen molar-refractivity contribution in [3.63, 3.8) is 0 Å². The molecule has 0 aliphatic rings. The van der Waals surface area contributed by atoms with Crippen molar-refractivity contribution < 1.29 is 9.72 Å². The number of hydrogen-bond acceptors (Lipinski definition) is 5. The van der Waals surface area contributed by atoms with Crippen LogP contribution >= 0.6 is 0 Å². The zero-order valence-electron chi connectivity index (χ0n) is 10.2. The Morgan fingerprint density at radius 3 is 2.75 bits per heavy atom. The minimum absolute atomic E-state index is 0.0754. The van der Waals surface area contributed by atoms with Gasteiger partial charge in [-0.25, -0.2) is 4.68 Å². The molecular formula is C12H10N4O4. The average molecular weight is 274 g/mol. The van der Waals surface area contributed by atoms with E-state index in [1.807, 2.05) is 0 Å². The smallest absolute Gasteiger partial charge is 0.292 e. The standard InChI is InChI=1S/C12H10N4O4/c17-11(8-15-12(18)6-3-7-13-15)14-9-4-1-2-5-10(9)16(19)20/h1-7H,8H2,(H,14,17). The second-order valence-corrected chi connectivity index (χ2v) is 3.84. The fourth-order valence-corrected chi connectivity index (χ4v) is 1.57. The summed E-state index contributed by atoms with van der Waals surface area (Å²) in [6.45, 7) is -0.314. The van der Waals surface area contributed by atoms with Gasteiger partial charge in [-0.1, -0.05) is 12.1 Å². The molecule has 1 aromatic heterocycles. The lowest BCUT2D eigenvalue weighted by atomic mass is 10.2. The van der Waals surface area contributed by atoms with Gasteiger partial charge in [-0.3, -0.25) is 19.7 Å². The Hall–Kier alpha value is -3.03. The number of nitro groups is 1. The van der Waals surface area contributed by atoms with Crippen LogP contribution in [0.4, 0.5) is 11.4 Å². The SMILES string of the molecule is O=C(Cn1ncccc1=O)Nc1ccccc1[N+](=O)[O-]. The molecule has 8 heteroatoms. The number of hydrogen-bond donors (Lipinski definition) is 1. The van der Waals surface area contributed by atoms with Gasteiger partial charge in [-0.2, -0.15) is 5.10 Å². The first-order valence-corrected chi connectivity index (χ1v) is 5.63. The van der Waals surface area contributed by atoms with Gasteiger partial charge in [0, 0.05) is 18.3 Å². The number of rotatable bonds is 4. The van der Waals surface area contributed by atoms with Crippen LogP contribution < -0.4 is 10.9 Å². The van der Waals surface area contributed by atoms with Gasteiger partial charge in [0.05, 0.1) is 4.92 Å². The Morgan fingerprint density at radius 2 is 2.05 bits per heavy atom. The van der Waals surface area contributed by atoms with Crippen molar-refractivity contribution >= 4 is 17.3 Å². The van der Waals surface area contributed by atoms with Crippen LogP contribution in [0, 0.1) is 10.1 Å². The number of benzene rings is 1. The van der Waals surface area contributed by atoms with Gasteiger partial charge in [0.15, 0.2) is 0 Å². The Morgan fingerprint density at radius 1 is 1.30 bits per heavy atom. The van der Waals surface area contributed by atoms with Crippen molar-refractivity contribution in [1.29, 1.82) is 0 Å². The van der Waals surface area contributed by atoms with Gasteiger partial charge in [0.25, 0.3) is 11.2 Å². The van der Waals surface area contributed by atoms with E-state index < -0.39 is 16.4 Å². The zero-order valence-corrected chi connectivity index (χ0v) is 10.2. The van der Waals surface area contributed by atoms with Crippen LogP contribution in [0.3, 0.4) is 0 Å². The first-order valence-electron chi connectivity index (χ1n) is 5.63. The normalized spacial score (nSPS) is 10.0. The molecule has 0 spiro atoms. The van der Waals surface area contributed by atoms with Gasteiger partial charge < -0.3 is 5.32 Å². The number of carbonyl (C=O) groups is 1. The first-order chi connectivity index (χ1) is 9.58. The lowest BCUT2D eigenvalue weighted by Gasteiger charge is -2.06. The highest BCUT2D eigenvalue weighted by atomic mass is 16.6. The Kier molecular flexibility index (Phi) is 3.85. The van der Waals surface area contributed by atoms with Gasteiger partial charge >= 0.3 is 0 Å². The second-order valence-electron chi connectivity index (χ2n) is 3.84. The number of nitrogens with one attached hydrogen (secondary N) is 1. The van der Waals surface area contributed by atoms with Crippen LogP contribution in [-0.4, -0.2) is 20.6 Å². The van der Waals surface area contributed by atoms with Crippen LogP contribution in [0.15, 0.2) is 47.4 Å². The van der Waals surface area contributed by atoms with E-state index >= 15 is 0 Å². The predicted molar refractivity (Wildman–Crippen MR) is 70.2 cm³/mol. The molecule has 0 aliphatic carbocycles. The fourth-order valence-electron chi connectivity index (χ4n) is 1.57. The quantitative estimate of drug-likeness (QED) is 0.655. The number of para-hydroxylation sites is 2. The number of nitro benzene ring substituents is 1. The topological polar surface area (TPSA) is 107 Å². The summed E-state index contributed by atoms with van der Waals surface area (Å²) in [5, 5.41) is 16.9. The van der Waals surface area contributed by atoms with Crippen molar-refractivity contribution in [2.75, 3.05) is 5.32 Å². The van der Waals surface area contributed by atoms with Crippen LogP contribution in [0.1, 0.15) is 0 Å². The maximum atomic E-state index is 11.8. The summed E-state index contributed by atoms with van der Waals surface area (Å²) in [6, 6.07) is 8.48. The highest BCUT2D eigenvalue weighted by Crippen LogP contribution is 2.22. The lowest BCUT2D eigenvalue weighted by Crippen LogP contribution is -2.28. The van der Waals surface area contributed by atoms with E-state index in [1.54, 1.807) is 6.07 Å². The van der Waals surface area contributed by atoms with E-state index in [0.717, 1.165) is 4.68 Å². The summed E-state index contributed by atoms with van der Waals surface area (Å²) in [7, 11) is 0. The van der Waals surface area contributed by atoms with Crippen LogP contribution in [-0.2, 0) is 11.3 Å². The molecule has 2 rings (SSSR count). The number of carbonyl (C=O) groups excluding carboxylic acids is 1. The summed E-state index contributed by atoms with van der Waals surface area (Å²) >= 11 is 0. The minimum atomic E-state index is -0.595. The van der Waals surface area contributed by atoms with E-state index in [9.17, 15) is 19.7 Å². The van der Waals surface area contributed by atoms with E-state index in [4.69, 9.17) is 0 Å².